The lowest BCUT2D eigenvalue weighted by Gasteiger charge is -2.35. The van der Waals surface area contributed by atoms with Crippen LogP contribution in [-0.2, 0) is 22.7 Å². The molecule has 0 unspecified atom stereocenters. The van der Waals surface area contributed by atoms with E-state index in [-0.39, 0.29) is 12.4 Å². The summed E-state index contributed by atoms with van der Waals surface area (Å²) < 4.78 is 26.9. The third-order valence-electron chi connectivity index (χ3n) is 6.89. The van der Waals surface area contributed by atoms with E-state index in [2.05, 4.69) is 50.2 Å². The zero-order valence-corrected chi connectivity index (χ0v) is 19.8. The maximum absolute atomic E-state index is 15.0. The first-order valence-electron chi connectivity index (χ1n) is 12.0. The Morgan fingerprint density at radius 1 is 0.943 bits per heavy atom. The van der Waals surface area contributed by atoms with E-state index < -0.39 is 0 Å². The van der Waals surface area contributed by atoms with Gasteiger partial charge in [-0.15, -0.1) is 0 Å². The number of rotatable bonds is 1. The summed E-state index contributed by atoms with van der Waals surface area (Å²) in [6.45, 7) is 5.68. The van der Waals surface area contributed by atoms with Gasteiger partial charge < -0.3 is 19.3 Å². The molecule has 2 aliphatic rings. The minimum atomic E-state index is -0.317. The van der Waals surface area contributed by atoms with Crippen LogP contribution in [0.2, 0.25) is 0 Å². The number of pyridine rings is 1. The van der Waals surface area contributed by atoms with E-state index in [9.17, 15) is 4.39 Å². The highest BCUT2D eigenvalue weighted by Gasteiger charge is 2.20. The van der Waals surface area contributed by atoms with Crippen LogP contribution in [0.5, 0.6) is 0 Å². The van der Waals surface area contributed by atoms with E-state index in [1.54, 1.807) is 12.3 Å². The Morgan fingerprint density at radius 3 is 2.57 bits per heavy atom. The van der Waals surface area contributed by atoms with Gasteiger partial charge in [0.05, 0.1) is 43.8 Å². The fraction of sp³-hybridized carbons (Fsp3) is 0.333. The van der Waals surface area contributed by atoms with Gasteiger partial charge in [-0.05, 0) is 36.9 Å². The SMILES string of the molecule is CN1CCN(c2ccc3cc2COCCOCc2cccc(F)c2-c2cc4c-3n[nH]c4cn2)CC1. The Balaban J connectivity index is 1.47. The number of piperazine rings is 1. The quantitative estimate of drug-likeness (QED) is 0.446. The highest BCUT2D eigenvalue weighted by molar-refractivity contribution is 5.95. The average Bonchev–Trinajstić information content (AvgIpc) is 3.29. The van der Waals surface area contributed by atoms with Crippen LogP contribution in [0.3, 0.4) is 0 Å². The molecule has 1 fully saturated rings. The molecule has 1 saturated heterocycles. The van der Waals surface area contributed by atoms with E-state index in [4.69, 9.17) is 9.47 Å². The molecule has 35 heavy (non-hydrogen) atoms. The molecule has 4 aromatic rings. The van der Waals surface area contributed by atoms with Gasteiger partial charge >= 0.3 is 0 Å². The summed E-state index contributed by atoms with van der Waals surface area (Å²) >= 11 is 0. The lowest BCUT2D eigenvalue weighted by Crippen LogP contribution is -2.44. The van der Waals surface area contributed by atoms with Gasteiger partial charge in [0.15, 0.2) is 0 Å². The molecule has 1 N–H and O–H groups in total. The van der Waals surface area contributed by atoms with Gasteiger partial charge in [-0.25, -0.2) is 4.39 Å². The Labute approximate surface area is 203 Å². The number of hydrogen-bond acceptors (Lipinski definition) is 6. The number of benzene rings is 2. The first kappa shape index (κ1) is 22.2. The van der Waals surface area contributed by atoms with Crippen LogP contribution in [0.25, 0.3) is 33.4 Å². The van der Waals surface area contributed by atoms with Crippen molar-refractivity contribution < 1.29 is 13.9 Å². The summed E-state index contributed by atoms with van der Waals surface area (Å²) in [5.41, 5.74) is 6.73. The number of fused-ring (bicyclic) bond motifs is 6. The Kier molecular flexibility index (Phi) is 5.93. The Bertz CT molecular complexity index is 1360. The van der Waals surface area contributed by atoms with E-state index in [1.165, 1.54) is 11.8 Å². The maximum Gasteiger partial charge on any atom is 0.132 e. The number of nitrogens with zero attached hydrogens (tertiary/aromatic N) is 4. The van der Waals surface area contributed by atoms with Gasteiger partial charge in [0.25, 0.3) is 0 Å². The lowest BCUT2D eigenvalue weighted by atomic mass is 10.00. The van der Waals surface area contributed by atoms with Crippen LogP contribution in [0.15, 0.2) is 48.7 Å². The molecule has 0 radical (unpaired) electrons. The van der Waals surface area contributed by atoms with E-state index >= 15 is 0 Å². The number of H-pyrrole nitrogens is 1. The largest absolute Gasteiger partial charge is 0.374 e. The number of aromatic nitrogens is 3. The molecule has 0 spiro atoms. The van der Waals surface area contributed by atoms with Crippen molar-refractivity contribution in [2.75, 3.05) is 51.3 Å². The second-order valence-corrected chi connectivity index (χ2v) is 9.20. The minimum absolute atomic E-state index is 0.286. The fourth-order valence-electron chi connectivity index (χ4n) is 4.94. The normalized spacial score (nSPS) is 17.3. The molecule has 4 heterocycles. The average molecular weight is 474 g/mol. The summed E-state index contributed by atoms with van der Waals surface area (Å²) in [5, 5.41) is 8.60. The minimum Gasteiger partial charge on any atom is -0.374 e. The molecule has 0 saturated carbocycles. The van der Waals surface area contributed by atoms with Crippen molar-refractivity contribution in [2.24, 2.45) is 0 Å². The number of likely N-dealkylation sites (N-methyl/N-ethyl adjacent to an activating group) is 1. The summed E-state index contributed by atoms with van der Waals surface area (Å²) in [5.74, 6) is -0.317. The van der Waals surface area contributed by atoms with Crippen LogP contribution in [0.1, 0.15) is 11.1 Å². The molecular weight excluding hydrogens is 445 g/mol. The van der Waals surface area contributed by atoms with Crippen molar-refractivity contribution in [3.8, 4) is 22.5 Å². The van der Waals surface area contributed by atoms with Gasteiger partial charge in [0, 0.05) is 53.9 Å². The van der Waals surface area contributed by atoms with Crippen molar-refractivity contribution in [1.82, 2.24) is 20.1 Å². The summed E-state index contributed by atoms with van der Waals surface area (Å²) in [6.07, 6.45) is 1.72. The molecule has 2 aliphatic heterocycles. The van der Waals surface area contributed by atoms with E-state index in [0.717, 1.165) is 59.5 Å². The molecule has 0 atom stereocenters. The van der Waals surface area contributed by atoms with Crippen LogP contribution in [-0.4, -0.2) is 66.5 Å². The molecule has 2 aromatic carbocycles. The predicted molar refractivity (Wildman–Crippen MR) is 134 cm³/mol. The highest BCUT2D eigenvalue weighted by Crippen LogP contribution is 2.34. The first-order valence-corrected chi connectivity index (χ1v) is 12.0. The van der Waals surface area contributed by atoms with Crippen LogP contribution >= 0.6 is 0 Å². The number of hydrogen-bond donors (Lipinski definition) is 1. The smallest absolute Gasteiger partial charge is 0.132 e. The third kappa shape index (κ3) is 4.29. The van der Waals surface area contributed by atoms with Gasteiger partial charge in [-0.1, -0.05) is 18.2 Å². The van der Waals surface area contributed by atoms with E-state index in [1.807, 2.05) is 12.1 Å². The Hall–Kier alpha value is -3.33. The number of nitrogens with one attached hydrogen (secondary N) is 1. The summed E-state index contributed by atoms with van der Waals surface area (Å²) in [6, 6.07) is 13.4. The molecule has 6 rings (SSSR count). The topological polar surface area (TPSA) is 66.5 Å². The van der Waals surface area contributed by atoms with Gasteiger partial charge in [-0.3, -0.25) is 10.1 Å². The number of anilines is 1. The molecular formula is C27H28FN5O2. The van der Waals surface area contributed by atoms with Crippen LogP contribution in [0, 0.1) is 5.82 Å². The summed E-state index contributed by atoms with van der Waals surface area (Å²) in [7, 11) is 2.16. The van der Waals surface area contributed by atoms with E-state index in [0.29, 0.717) is 31.1 Å². The third-order valence-corrected chi connectivity index (χ3v) is 6.89. The monoisotopic (exact) mass is 473 g/mol. The van der Waals surface area contributed by atoms with Gasteiger partial charge in [-0.2, -0.15) is 5.10 Å². The lowest BCUT2D eigenvalue weighted by molar-refractivity contribution is 0.0340. The summed E-state index contributed by atoms with van der Waals surface area (Å²) in [4.78, 5) is 9.32. The number of aromatic amines is 1. The van der Waals surface area contributed by atoms with Crippen molar-refractivity contribution in [3.05, 3.63) is 65.6 Å². The first-order chi connectivity index (χ1) is 17.2. The molecule has 0 aliphatic carbocycles. The van der Waals surface area contributed by atoms with Crippen molar-refractivity contribution in [2.45, 2.75) is 13.2 Å². The standard InChI is InChI=1S/C27H28FN5O2/c1-32-7-9-33(10-8-32)25-6-5-18-13-20(25)17-35-12-11-34-16-19-3-2-4-22(28)26(19)23-14-21-24(15-29-23)30-31-27(18)21/h2-6,13-15H,7-12,16-17H2,1H3,(H,30,31). The maximum atomic E-state index is 15.0. The molecule has 0 amide bonds. The van der Waals surface area contributed by atoms with Crippen molar-refractivity contribution in [1.29, 1.82) is 0 Å². The van der Waals surface area contributed by atoms with Crippen LogP contribution < -0.4 is 4.90 Å². The fourth-order valence-corrected chi connectivity index (χ4v) is 4.94. The van der Waals surface area contributed by atoms with Gasteiger partial charge in [0.1, 0.15) is 11.5 Å². The zero-order valence-electron chi connectivity index (χ0n) is 19.8. The van der Waals surface area contributed by atoms with Crippen molar-refractivity contribution in [3.63, 3.8) is 0 Å². The molecule has 2 aromatic heterocycles. The zero-order chi connectivity index (χ0) is 23.8. The number of halogens is 1. The molecule has 8 heteroatoms. The molecule has 180 valence electrons. The predicted octanol–water partition coefficient (Wildman–Crippen LogP) is 4.23. The second kappa shape index (κ2) is 9.37. The highest BCUT2D eigenvalue weighted by atomic mass is 19.1. The molecule has 7 nitrogen and oxygen atoms in total. The Morgan fingerprint density at radius 2 is 1.74 bits per heavy atom. The van der Waals surface area contributed by atoms with Crippen molar-refractivity contribution >= 4 is 16.6 Å². The molecule has 4 bridgehead atoms. The number of ether oxygens (including phenoxy) is 2. The second-order valence-electron chi connectivity index (χ2n) is 9.20. The van der Waals surface area contributed by atoms with Crippen LogP contribution in [0.4, 0.5) is 10.1 Å². The van der Waals surface area contributed by atoms with Gasteiger partial charge in [0.2, 0.25) is 0 Å².